The monoisotopic (exact) mass is 143 g/mol. The van der Waals surface area contributed by atoms with Crippen LogP contribution in [0.15, 0.2) is 17.1 Å². The van der Waals surface area contributed by atoms with Crippen LogP contribution in [0.5, 0.6) is 0 Å². The first-order valence-corrected chi connectivity index (χ1v) is 2.92. The minimum atomic E-state index is -0.345. The van der Waals surface area contributed by atoms with E-state index in [0.29, 0.717) is 5.82 Å². The van der Waals surface area contributed by atoms with Gasteiger partial charge in [0.25, 0.3) is 0 Å². The van der Waals surface area contributed by atoms with Gasteiger partial charge in [0.05, 0.1) is 0 Å². The standard InChI is InChI=1S/C4H6N3OP/c8-4-5-2-1-3(6-4)7-9/h1-2H,9H2,(H2,5,6,7,8). The molecule has 0 spiro atoms. The van der Waals surface area contributed by atoms with Crippen LogP contribution in [0.25, 0.3) is 0 Å². The van der Waals surface area contributed by atoms with Crippen LogP contribution in [0.2, 0.25) is 0 Å². The first-order valence-electron chi connectivity index (χ1n) is 2.35. The summed E-state index contributed by atoms with van der Waals surface area (Å²) in [5.74, 6) is 0.639. The summed E-state index contributed by atoms with van der Waals surface area (Å²) in [5.41, 5.74) is -0.345. The number of hydrogen-bond donors (Lipinski definition) is 2. The van der Waals surface area contributed by atoms with E-state index in [1.165, 1.54) is 6.20 Å². The first-order chi connectivity index (χ1) is 4.33. The predicted molar refractivity (Wildman–Crippen MR) is 38.2 cm³/mol. The molecule has 0 amide bonds. The van der Waals surface area contributed by atoms with Crippen LogP contribution in [0.1, 0.15) is 0 Å². The Balaban J connectivity index is 3.08. The molecule has 0 aliphatic heterocycles. The second kappa shape index (κ2) is 2.60. The van der Waals surface area contributed by atoms with E-state index >= 15 is 0 Å². The lowest BCUT2D eigenvalue weighted by molar-refractivity contribution is 1.08. The van der Waals surface area contributed by atoms with Gasteiger partial charge in [0, 0.05) is 6.20 Å². The van der Waals surface area contributed by atoms with Crippen LogP contribution in [-0.2, 0) is 0 Å². The van der Waals surface area contributed by atoms with E-state index in [1.807, 2.05) is 0 Å². The highest BCUT2D eigenvalue weighted by Crippen LogP contribution is 1.96. The molecule has 0 radical (unpaired) electrons. The van der Waals surface area contributed by atoms with Crippen LogP contribution in [0.3, 0.4) is 0 Å². The Hall–Kier alpha value is -0.890. The van der Waals surface area contributed by atoms with Gasteiger partial charge in [-0.3, -0.25) is 4.98 Å². The molecular weight excluding hydrogens is 137 g/mol. The van der Waals surface area contributed by atoms with Crippen molar-refractivity contribution >= 4 is 15.2 Å². The van der Waals surface area contributed by atoms with Crippen molar-refractivity contribution in [2.75, 3.05) is 5.09 Å². The predicted octanol–water partition coefficient (Wildman–Crippen LogP) is -0.0281. The van der Waals surface area contributed by atoms with Gasteiger partial charge in [0.1, 0.15) is 5.82 Å². The van der Waals surface area contributed by atoms with Crippen molar-refractivity contribution in [2.45, 2.75) is 0 Å². The van der Waals surface area contributed by atoms with E-state index in [0.717, 1.165) is 0 Å². The summed E-state index contributed by atoms with van der Waals surface area (Å²) in [6.07, 6.45) is 1.44. The molecule has 1 heterocycles. The number of nitrogens with zero attached hydrogens (tertiary/aromatic N) is 1. The fourth-order valence-corrected chi connectivity index (χ4v) is 0.621. The second-order valence-electron chi connectivity index (χ2n) is 1.43. The summed E-state index contributed by atoms with van der Waals surface area (Å²) in [6, 6.07) is 1.66. The number of nitrogens with one attached hydrogen (secondary N) is 2. The van der Waals surface area contributed by atoms with Gasteiger partial charge >= 0.3 is 5.69 Å². The molecule has 5 heteroatoms. The Labute approximate surface area is 54.0 Å². The van der Waals surface area contributed by atoms with Crippen LogP contribution in [0.4, 0.5) is 5.82 Å². The molecule has 0 saturated carbocycles. The van der Waals surface area contributed by atoms with E-state index < -0.39 is 0 Å². The summed E-state index contributed by atoms with van der Waals surface area (Å²) in [4.78, 5) is 16.3. The molecule has 1 rings (SSSR count). The number of H-pyrrole nitrogens is 1. The summed E-state index contributed by atoms with van der Waals surface area (Å²) >= 11 is 0. The average molecular weight is 143 g/mol. The smallest absolute Gasteiger partial charge is 0.346 e. The van der Waals surface area contributed by atoms with Crippen LogP contribution in [0, 0.1) is 0 Å². The molecule has 0 aromatic carbocycles. The van der Waals surface area contributed by atoms with Gasteiger partial charge in [0.2, 0.25) is 0 Å². The highest BCUT2D eigenvalue weighted by molar-refractivity contribution is 7.18. The largest absolute Gasteiger partial charge is 0.356 e. The molecule has 9 heavy (non-hydrogen) atoms. The number of aromatic amines is 1. The molecule has 1 aromatic heterocycles. The molecule has 2 N–H and O–H groups in total. The third kappa shape index (κ3) is 1.50. The van der Waals surface area contributed by atoms with E-state index in [2.05, 4.69) is 24.4 Å². The minimum absolute atomic E-state index is 0.345. The molecule has 48 valence electrons. The van der Waals surface area contributed by atoms with Crippen molar-refractivity contribution in [1.29, 1.82) is 0 Å². The molecule has 4 nitrogen and oxygen atoms in total. The lowest BCUT2D eigenvalue weighted by Gasteiger charge is -1.93. The summed E-state index contributed by atoms with van der Waals surface area (Å²) in [6.45, 7) is 0. The third-order valence-corrected chi connectivity index (χ3v) is 1.14. The van der Waals surface area contributed by atoms with E-state index in [-0.39, 0.29) is 5.69 Å². The van der Waals surface area contributed by atoms with Crippen molar-refractivity contribution in [3.05, 3.63) is 22.7 Å². The van der Waals surface area contributed by atoms with E-state index in [1.54, 1.807) is 6.07 Å². The Morgan fingerprint density at radius 3 is 3.00 bits per heavy atom. The molecular formula is C4H6N3OP. The quantitative estimate of drug-likeness (QED) is 0.543. The van der Waals surface area contributed by atoms with Crippen LogP contribution < -0.4 is 10.8 Å². The maximum absolute atomic E-state index is 10.4. The number of rotatable bonds is 1. The second-order valence-corrected chi connectivity index (χ2v) is 1.72. The SMILES string of the molecule is O=c1nccc(NP)[nH]1. The average Bonchev–Trinajstić information content (AvgIpc) is 1.88. The number of anilines is 1. The summed E-state index contributed by atoms with van der Waals surface area (Å²) in [7, 11) is 2.27. The van der Waals surface area contributed by atoms with Crippen molar-refractivity contribution in [2.24, 2.45) is 0 Å². The minimum Gasteiger partial charge on any atom is -0.356 e. The van der Waals surface area contributed by atoms with Crippen LogP contribution >= 0.6 is 9.39 Å². The summed E-state index contributed by atoms with van der Waals surface area (Å²) in [5, 5.41) is 2.69. The first kappa shape index (κ1) is 6.23. The van der Waals surface area contributed by atoms with E-state index in [4.69, 9.17) is 0 Å². The Kier molecular flexibility index (Phi) is 1.80. The molecule has 0 bridgehead atoms. The molecule has 0 fully saturated rings. The normalized spacial score (nSPS) is 9.00. The van der Waals surface area contributed by atoms with Gasteiger partial charge in [-0.25, -0.2) is 9.78 Å². The molecule has 1 unspecified atom stereocenters. The third-order valence-electron chi connectivity index (χ3n) is 0.830. The molecule has 0 aliphatic carbocycles. The van der Waals surface area contributed by atoms with Crippen molar-refractivity contribution in [1.82, 2.24) is 9.97 Å². The fraction of sp³-hybridized carbons (Fsp3) is 0. The maximum atomic E-state index is 10.4. The van der Waals surface area contributed by atoms with Gasteiger partial charge < -0.3 is 5.09 Å². The van der Waals surface area contributed by atoms with Gasteiger partial charge in [-0.2, -0.15) is 0 Å². The summed E-state index contributed by atoms with van der Waals surface area (Å²) < 4.78 is 0. The molecule has 1 aromatic rings. The number of aromatic nitrogens is 2. The topological polar surface area (TPSA) is 57.8 Å². The van der Waals surface area contributed by atoms with Gasteiger partial charge in [-0.15, -0.1) is 0 Å². The molecule has 0 aliphatic rings. The molecule has 0 saturated heterocycles. The number of hydrogen-bond acceptors (Lipinski definition) is 3. The van der Waals surface area contributed by atoms with E-state index in [9.17, 15) is 4.79 Å². The van der Waals surface area contributed by atoms with Gasteiger partial charge in [-0.1, -0.05) is 0 Å². The Morgan fingerprint density at radius 1 is 1.78 bits per heavy atom. The Bertz CT molecular complexity index is 246. The van der Waals surface area contributed by atoms with Gasteiger partial charge in [0.15, 0.2) is 0 Å². The highest BCUT2D eigenvalue weighted by atomic mass is 31.0. The lowest BCUT2D eigenvalue weighted by Crippen LogP contribution is -2.09. The lowest BCUT2D eigenvalue weighted by atomic mass is 10.6. The zero-order valence-electron chi connectivity index (χ0n) is 4.59. The van der Waals surface area contributed by atoms with Gasteiger partial charge in [-0.05, 0) is 15.5 Å². The van der Waals surface area contributed by atoms with Crippen LogP contribution in [-0.4, -0.2) is 9.97 Å². The fourth-order valence-electron chi connectivity index (χ4n) is 0.453. The molecule has 1 atom stereocenters. The zero-order valence-corrected chi connectivity index (χ0v) is 5.74. The highest BCUT2D eigenvalue weighted by Gasteiger charge is 1.85. The van der Waals surface area contributed by atoms with Crippen molar-refractivity contribution < 1.29 is 0 Å². The maximum Gasteiger partial charge on any atom is 0.346 e. The zero-order chi connectivity index (χ0) is 6.69. The Morgan fingerprint density at radius 2 is 2.56 bits per heavy atom. The van der Waals surface area contributed by atoms with Crippen molar-refractivity contribution in [3.8, 4) is 0 Å². The van der Waals surface area contributed by atoms with Crippen molar-refractivity contribution in [3.63, 3.8) is 0 Å².